The van der Waals surface area contributed by atoms with E-state index in [0.29, 0.717) is 12.7 Å². The molecule has 1 N–H and O–H groups in total. The largest absolute Gasteiger partial charge is 0.462 e. The third kappa shape index (κ3) is 4.10. The topological polar surface area (TPSA) is 34.4 Å². The highest BCUT2D eigenvalue weighted by molar-refractivity contribution is 5.19. The van der Waals surface area contributed by atoms with Gasteiger partial charge >= 0.3 is 0 Å². The third-order valence-electron chi connectivity index (χ3n) is 4.62. The highest BCUT2D eigenvalue weighted by atomic mass is 16.5. The van der Waals surface area contributed by atoms with Gasteiger partial charge in [0.15, 0.2) is 0 Å². The van der Waals surface area contributed by atoms with Gasteiger partial charge in [-0.05, 0) is 56.2 Å². The van der Waals surface area contributed by atoms with Crippen LogP contribution in [0.15, 0.2) is 10.5 Å². The minimum atomic E-state index is 0.406. The molecule has 1 heterocycles. The molecular weight excluding hydrogens is 250 g/mol. The number of ether oxygens (including phenoxy) is 1. The second kappa shape index (κ2) is 7.28. The van der Waals surface area contributed by atoms with Crippen LogP contribution in [0, 0.1) is 18.8 Å². The molecule has 0 spiro atoms. The Morgan fingerprint density at radius 3 is 2.80 bits per heavy atom. The first-order chi connectivity index (χ1) is 9.60. The fraction of sp³-hybridized carbons (Fsp3) is 0.765. The molecule has 1 aliphatic rings. The van der Waals surface area contributed by atoms with E-state index in [4.69, 9.17) is 9.15 Å². The highest BCUT2D eigenvalue weighted by Gasteiger charge is 2.25. The number of furan rings is 1. The van der Waals surface area contributed by atoms with Gasteiger partial charge in [0.1, 0.15) is 18.1 Å². The first-order valence-corrected chi connectivity index (χ1v) is 8.00. The van der Waals surface area contributed by atoms with Crippen LogP contribution < -0.4 is 5.32 Å². The number of hydrogen-bond donors (Lipinski definition) is 1. The second-order valence-electron chi connectivity index (χ2n) is 6.30. The Morgan fingerprint density at radius 2 is 2.10 bits per heavy atom. The normalized spacial score (nSPS) is 26.9. The second-order valence-corrected chi connectivity index (χ2v) is 6.30. The molecule has 1 saturated carbocycles. The standard InChI is InChI=1S/C17H29NO2/c1-5-18-10-17-14(4)9-16(20-17)11-19-15-7-6-12(2)13(3)8-15/h9,12-13,15,18H,5-8,10-11H2,1-4H3. The summed E-state index contributed by atoms with van der Waals surface area (Å²) in [5.41, 5.74) is 1.22. The van der Waals surface area contributed by atoms with Gasteiger partial charge in [0, 0.05) is 0 Å². The smallest absolute Gasteiger partial charge is 0.130 e. The van der Waals surface area contributed by atoms with Crippen molar-refractivity contribution in [2.75, 3.05) is 6.54 Å². The van der Waals surface area contributed by atoms with E-state index in [1.165, 1.54) is 24.8 Å². The van der Waals surface area contributed by atoms with Gasteiger partial charge in [0.2, 0.25) is 0 Å². The SMILES string of the molecule is CCNCc1oc(COC2CCC(C)C(C)C2)cc1C. The zero-order valence-electron chi connectivity index (χ0n) is 13.4. The lowest BCUT2D eigenvalue weighted by Gasteiger charge is -2.31. The van der Waals surface area contributed by atoms with Crippen LogP contribution >= 0.6 is 0 Å². The van der Waals surface area contributed by atoms with E-state index in [1.54, 1.807) is 0 Å². The van der Waals surface area contributed by atoms with Crippen molar-refractivity contribution < 1.29 is 9.15 Å². The maximum atomic E-state index is 6.05. The van der Waals surface area contributed by atoms with Crippen LogP contribution in [0.2, 0.25) is 0 Å². The Kier molecular flexibility index (Phi) is 5.67. The van der Waals surface area contributed by atoms with Gasteiger partial charge in [-0.25, -0.2) is 0 Å². The molecule has 20 heavy (non-hydrogen) atoms. The van der Waals surface area contributed by atoms with E-state index in [1.807, 2.05) is 0 Å². The predicted molar refractivity (Wildman–Crippen MR) is 81.6 cm³/mol. The van der Waals surface area contributed by atoms with Crippen LogP contribution in [0.4, 0.5) is 0 Å². The Labute approximate surface area is 123 Å². The van der Waals surface area contributed by atoms with Gasteiger partial charge in [-0.2, -0.15) is 0 Å². The zero-order chi connectivity index (χ0) is 14.5. The van der Waals surface area contributed by atoms with Crippen molar-refractivity contribution in [1.29, 1.82) is 0 Å². The Bertz CT molecular complexity index is 413. The summed E-state index contributed by atoms with van der Waals surface area (Å²) in [5.74, 6) is 3.61. The molecule has 0 radical (unpaired) electrons. The molecule has 0 bridgehead atoms. The lowest BCUT2D eigenvalue weighted by Crippen LogP contribution is -2.26. The number of rotatable bonds is 6. The highest BCUT2D eigenvalue weighted by Crippen LogP contribution is 2.31. The first kappa shape index (κ1) is 15.6. The van der Waals surface area contributed by atoms with E-state index in [9.17, 15) is 0 Å². The molecular formula is C17H29NO2. The van der Waals surface area contributed by atoms with Crippen LogP contribution in [0.25, 0.3) is 0 Å². The molecule has 3 atom stereocenters. The molecule has 1 aliphatic carbocycles. The molecule has 114 valence electrons. The Balaban J connectivity index is 1.82. The van der Waals surface area contributed by atoms with Gasteiger partial charge in [-0.3, -0.25) is 0 Å². The fourth-order valence-electron chi connectivity index (χ4n) is 2.92. The monoisotopic (exact) mass is 279 g/mol. The predicted octanol–water partition coefficient (Wildman–Crippen LogP) is 4.04. The summed E-state index contributed by atoms with van der Waals surface area (Å²) in [7, 11) is 0. The van der Waals surface area contributed by atoms with Gasteiger partial charge < -0.3 is 14.5 Å². The average Bonchev–Trinajstić information content (AvgIpc) is 2.78. The maximum absolute atomic E-state index is 6.05. The van der Waals surface area contributed by atoms with Gasteiger partial charge in [-0.15, -0.1) is 0 Å². The summed E-state index contributed by atoms with van der Waals surface area (Å²) >= 11 is 0. The lowest BCUT2D eigenvalue weighted by molar-refractivity contribution is -0.0142. The van der Waals surface area contributed by atoms with Crippen LogP contribution in [0.3, 0.4) is 0 Å². The molecule has 0 amide bonds. The van der Waals surface area contributed by atoms with Gasteiger partial charge in [0.25, 0.3) is 0 Å². The summed E-state index contributed by atoms with van der Waals surface area (Å²) < 4.78 is 11.9. The average molecular weight is 279 g/mol. The molecule has 1 aromatic heterocycles. The lowest BCUT2D eigenvalue weighted by atomic mass is 9.80. The summed E-state index contributed by atoms with van der Waals surface area (Å²) in [5, 5.41) is 3.30. The van der Waals surface area contributed by atoms with Crippen molar-refractivity contribution in [1.82, 2.24) is 5.32 Å². The molecule has 3 nitrogen and oxygen atoms in total. The van der Waals surface area contributed by atoms with E-state index < -0.39 is 0 Å². The van der Waals surface area contributed by atoms with Crippen molar-refractivity contribution in [3.05, 3.63) is 23.2 Å². The summed E-state index contributed by atoms with van der Waals surface area (Å²) in [6, 6.07) is 2.11. The number of hydrogen-bond acceptors (Lipinski definition) is 3. The van der Waals surface area contributed by atoms with Gasteiger partial charge in [-0.1, -0.05) is 20.8 Å². The molecule has 3 unspecified atom stereocenters. The summed E-state index contributed by atoms with van der Waals surface area (Å²) in [4.78, 5) is 0. The number of nitrogens with one attached hydrogen (secondary N) is 1. The summed E-state index contributed by atoms with van der Waals surface area (Å²) in [6.45, 7) is 11.3. The van der Waals surface area contributed by atoms with Crippen LogP contribution in [-0.4, -0.2) is 12.6 Å². The first-order valence-electron chi connectivity index (χ1n) is 8.00. The van der Waals surface area contributed by atoms with E-state index in [2.05, 4.69) is 39.1 Å². The van der Waals surface area contributed by atoms with Crippen LogP contribution in [-0.2, 0) is 17.9 Å². The molecule has 0 aromatic carbocycles. The van der Waals surface area contributed by atoms with E-state index in [0.717, 1.165) is 36.4 Å². The molecule has 3 heteroatoms. The van der Waals surface area contributed by atoms with Crippen LogP contribution in [0.1, 0.15) is 57.1 Å². The Hall–Kier alpha value is -0.800. The maximum Gasteiger partial charge on any atom is 0.130 e. The minimum absolute atomic E-state index is 0.406. The Morgan fingerprint density at radius 1 is 1.30 bits per heavy atom. The quantitative estimate of drug-likeness (QED) is 0.853. The zero-order valence-corrected chi connectivity index (χ0v) is 13.4. The fourth-order valence-corrected chi connectivity index (χ4v) is 2.92. The van der Waals surface area contributed by atoms with Crippen molar-refractivity contribution in [3.8, 4) is 0 Å². The molecule has 1 aromatic rings. The minimum Gasteiger partial charge on any atom is -0.462 e. The van der Waals surface area contributed by atoms with Crippen molar-refractivity contribution >= 4 is 0 Å². The number of aryl methyl sites for hydroxylation is 1. The molecule has 2 rings (SSSR count). The van der Waals surface area contributed by atoms with E-state index >= 15 is 0 Å². The van der Waals surface area contributed by atoms with Crippen molar-refractivity contribution in [3.63, 3.8) is 0 Å². The van der Waals surface area contributed by atoms with Crippen molar-refractivity contribution in [2.24, 2.45) is 11.8 Å². The molecule has 0 saturated heterocycles. The third-order valence-corrected chi connectivity index (χ3v) is 4.62. The summed E-state index contributed by atoms with van der Waals surface area (Å²) in [6.07, 6.45) is 4.07. The van der Waals surface area contributed by atoms with Crippen LogP contribution in [0.5, 0.6) is 0 Å². The van der Waals surface area contributed by atoms with Gasteiger partial charge in [0.05, 0.1) is 12.6 Å². The molecule has 0 aliphatic heterocycles. The molecule has 1 fully saturated rings. The van der Waals surface area contributed by atoms with E-state index in [-0.39, 0.29) is 0 Å². The van der Waals surface area contributed by atoms with Crippen molar-refractivity contribution in [2.45, 2.75) is 66.2 Å².